The predicted octanol–water partition coefficient (Wildman–Crippen LogP) is 5.19. The Morgan fingerprint density at radius 1 is 1.07 bits per heavy atom. The summed E-state index contributed by atoms with van der Waals surface area (Å²) in [6.07, 6.45) is 1.12. The van der Waals surface area contributed by atoms with E-state index in [4.69, 9.17) is 21.2 Å². The van der Waals surface area contributed by atoms with Crippen molar-refractivity contribution < 1.29 is 37.8 Å². The fourth-order valence-electron chi connectivity index (χ4n) is 6.33. The van der Waals surface area contributed by atoms with Crippen LogP contribution in [0.2, 0.25) is 5.02 Å². The third-order valence-corrected chi connectivity index (χ3v) is 9.02. The van der Waals surface area contributed by atoms with Crippen LogP contribution in [0.1, 0.15) is 52.4 Å². The molecule has 3 aromatic carbocycles. The van der Waals surface area contributed by atoms with Crippen LogP contribution < -0.4 is 10.2 Å². The lowest BCUT2D eigenvalue weighted by Crippen LogP contribution is -2.49. The van der Waals surface area contributed by atoms with Gasteiger partial charge in [0, 0.05) is 44.4 Å². The molecule has 3 aromatic rings. The molecule has 1 saturated heterocycles. The predicted molar refractivity (Wildman–Crippen MR) is 166 cm³/mol. The number of benzene rings is 3. The van der Waals surface area contributed by atoms with Crippen LogP contribution in [0.15, 0.2) is 59.8 Å². The number of ether oxygens (including phenoxy) is 1. The van der Waals surface area contributed by atoms with E-state index < -0.39 is 41.6 Å². The molecule has 0 aliphatic carbocycles. The minimum absolute atomic E-state index is 0.0481. The first-order valence-corrected chi connectivity index (χ1v) is 15.2. The van der Waals surface area contributed by atoms with Crippen molar-refractivity contribution in [1.29, 1.82) is 0 Å². The van der Waals surface area contributed by atoms with E-state index in [1.165, 1.54) is 29.2 Å². The molecule has 0 saturated carbocycles. The Morgan fingerprint density at radius 2 is 1.83 bits per heavy atom. The number of methoxy groups -OCH3 is 1. The second-order valence-corrected chi connectivity index (χ2v) is 11.8. The third-order valence-electron chi connectivity index (χ3n) is 8.72. The molecule has 0 bridgehead atoms. The number of carbonyl (C=O) groups is 3. The number of rotatable bonds is 7. The number of amides is 2. The number of hydrogen-bond donors (Lipinski definition) is 2. The van der Waals surface area contributed by atoms with Gasteiger partial charge in [-0.25, -0.2) is 13.6 Å². The highest BCUT2D eigenvalue weighted by molar-refractivity contribution is 6.31. The van der Waals surface area contributed by atoms with E-state index in [1.54, 1.807) is 19.2 Å². The summed E-state index contributed by atoms with van der Waals surface area (Å²) in [6.45, 7) is 1.66. The Morgan fingerprint density at radius 3 is 2.54 bits per heavy atom. The van der Waals surface area contributed by atoms with Gasteiger partial charge in [0.1, 0.15) is 11.9 Å². The SMILES string of the molecule is COC1CCN(c2cccc3c2CCN(C(=O)[C@H]2CC(c4cccc(Cl)c4F)=NO2)[C@@H]3C(=O)Nc2ccc(C(=O)O)cc2F)CC1. The van der Waals surface area contributed by atoms with Crippen molar-refractivity contribution in [3.05, 3.63) is 93.5 Å². The first-order chi connectivity index (χ1) is 22.2. The topological polar surface area (TPSA) is 121 Å². The summed E-state index contributed by atoms with van der Waals surface area (Å²) < 4.78 is 35.2. The van der Waals surface area contributed by atoms with Gasteiger partial charge in [0.15, 0.2) is 5.82 Å². The number of hydrogen-bond acceptors (Lipinski definition) is 7. The minimum atomic E-state index is -1.31. The minimum Gasteiger partial charge on any atom is -0.478 e. The molecule has 10 nitrogen and oxygen atoms in total. The number of anilines is 2. The van der Waals surface area contributed by atoms with Crippen molar-refractivity contribution >= 4 is 46.5 Å². The fraction of sp³-hybridized carbons (Fsp3) is 0.333. The monoisotopic (exact) mass is 652 g/mol. The number of piperidine rings is 1. The maximum Gasteiger partial charge on any atom is 0.335 e. The van der Waals surface area contributed by atoms with Crippen LogP contribution in [0.25, 0.3) is 0 Å². The molecule has 0 spiro atoms. The number of carboxylic acids is 1. The van der Waals surface area contributed by atoms with Gasteiger partial charge in [-0.2, -0.15) is 0 Å². The van der Waals surface area contributed by atoms with Gasteiger partial charge in [0.05, 0.1) is 28.1 Å². The molecule has 46 heavy (non-hydrogen) atoms. The molecule has 0 aromatic heterocycles. The third kappa shape index (κ3) is 6.02. The van der Waals surface area contributed by atoms with Crippen molar-refractivity contribution in [2.75, 3.05) is 37.0 Å². The average Bonchev–Trinajstić information content (AvgIpc) is 3.56. The normalized spacial score (nSPS) is 19.7. The lowest BCUT2D eigenvalue weighted by molar-refractivity contribution is -0.148. The molecule has 3 aliphatic heterocycles. The molecule has 13 heteroatoms. The Kier molecular flexibility index (Phi) is 8.92. The molecule has 2 atom stereocenters. The summed E-state index contributed by atoms with van der Waals surface area (Å²) in [7, 11) is 1.70. The molecule has 6 rings (SSSR count). The van der Waals surface area contributed by atoms with Crippen molar-refractivity contribution in [1.82, 2.24) is 4.90 Å². The number of halogens is 3. The largest absolute Gasteiger partial charge is 0.478 e. The molecule has 0 radical (unpaired) electrons. The Balaban J connectivity index is 1.31. The maximum absolute atomic E-state index is 14.9. The molecule has 2 N–H and O–H groups in total. The molecule has 3 heterocycles. The number of aromatic carboxylic acids is 1. The Bertz CT molecular complexity index is 1730. The second-order valence-electron chi connectivity index (χ2n) is 11.4. The summed E-state index contributed by atoms with van der Waals surface area (Å²) in [5.74, 6) is -4.15. The van der Waals surface area contributed by atoms with E-state index >= 15 is 0 Å². The van der Waals surface area contributed by atoms with E-state index in [-0.39, 0.29) is 46.6 Å². The number of nitrogens with zero attached hydrogens (tertiary/aromatic N) is 3. The average molecular weight is 653 g/mol. The zero-order chi connectivity index (χ0) is 32.5. The number of oxime groups is 1. The Hall–Kier alpha value is -4.55. The summed E-state index contributed by atoms with van der Waals surface area (Å²) in [5.41, 5.74) is 2.24. The van der Waals surface area contributed by atoms with Crippen LogP contribution in [-0.2, 0) is 25.6 Å². The molecular formula is C33H31ClF2N4O6. The zero-order valence-corrected chi connectivity index (χ0v) is 25.6. The zero-order valence-electron chi connectivity index (χ0n) is 24.8. The summed E-state index contributed by atoms with van der Waals surface area (Å²) in [5, 5.41) is 15.7. The first-order valence-electron chi connectivity index (χ1n) is 14.9. The van der Waals surface area contributed by atoms with Crippen LogP contribution in [0.3, 0.4) is 0 Å². The van der Waals surface area contributed by atoms with Crippen molar-refractivity contribution in [3.8, 4) is 0 Å². The van der Waals surface area contributed by atoms with Crippen molar-refractivity contribution in [2.24, 2.45) is 5.16 Å². The van der Waals surface area contributed by atoms with Gasteiger partial charge in [-0.1, -0.05) is 35.0 Å². The standard InChI is InChI=1S/C33H31ClF2N4O6/c1-45-19-10-13-39(14-11-19)27-7-3-4-21-20(27)12-15-40(30(21)31(41)37-25-9-8-18(33(43)44)16-24(25)35)32(42)28-17-26(38-46-28)22-5-2-6-23(34)29(22)36/h2-9,16,19,28,30H,10-15,17H2,1H3,(H,37,41)(H,43,44)/t28-,30+/m1/s1. The number of carbonyl (C=O) groups excluding carboxylic acids is 2. The number of carboxylic acid groups (broad SMARTS) is 1. The van der Waals surface area contributed by atoms with Gasteiger partial charge >= 0.3 is 5.97 Å². The second kappa shape index (κ2) is 13.1. The number of fused-ring (bicyclic) bond motifs is 1. The van der Waals surface area contributed by atoms with Gasteiger partial charge in [-0.15, -0.1) is 0 Å². The summed E-state index contributed by atoms with van der Waals surface area (Å²) in [6, 6.07) is 12.0. The van der Waals surface area contributed by atoms with Gasteiger partial charge in [-0.05, 0) is 66.8 Å². The van der Waals surface area contributed by atoms with E-state index in [0.29, 0.717) is 12.0 Å². The van der Waals surface area contributed by atoms with Crippen LogP contribution in [0.4, 0.5) is 20.2 Å². The van der Waals surface area contributed by atoms with Crippen LogP contribution in [0, 0.1) is 11.6 Å². The van der Waals surface area contributed by atoms with Gasteiger partial charge in [0.25, 0.3) is 11.8 Å². The van der Waals surface area contributed by atoms with Gasteiger partial charge < -0.3 is 29.8 Å². The quantitative estimate of drug-likeness (QED) is 0.361. The number of nitrogens with one attached hydrogen (secondary N) is 1. The van der Waals surface area contributed by atoms with Gasteiger partial charge in [0.2, 0.25) is 6.10 Å². The maximum atomic E-state index is 14.9. The molecule has 2 amide bonds. The molecule has 3 aliphatic rings. The van der Waals surface area contributed by atoms with Gasteiger partial charge in [-0.3, -0.25) is 9.59 Å². The molecular weight excluding hydrogens is 622 g/mol. The van der Waals surface area contributed by atoms with Crippen LogP contribution >= 0.6 is 11.6 Å². The highest BCUT2D eigenvalue weighted by Gasteiger charge is 2.42. The van der Waals surface area contributed by atoms with E-state index in [9.17, 15) is 28.3 Å². The van der Waals surface area contributed by atoms with E-state index in [1.807, 2.05) is 12.1 Å². The van der Waals surface area contributed by atoms with E-state index in [0.717, 1.165) is 43.2 Å². The summed E-state index contributed by atoms with van der Waals surface area (Å²) >= 11 is 5.94. The van der Waals surface area contributed by atoms with Crippen molar-refractivity contribution in [2.45, 2.75) is 43.9 Å². The lowest BCUT2D eigenvalue weighted by atomic mass is 9.89. The smallest absolute Gasteiger partial charge is 0.335 e. The van der Waals surface area contributed by atoms with E-state index in [2.05, 4.69) is 15.4 Å². The fourth-order valence-corrected chi connectivity index (χ4v) is 6.50. The first kappa shape index (κ1) is 31.4. The molecule has 1 fully saturated rings. The van der Waals surface area contributed by atoms with Crippen LogP contribution in [-0.4, -0.2) is 72.5 Å². The van der Waals surface area contributed by atoms with Crippen molar-refractivity contribution in [3.63, 3.8) is 0 Å². The molecule has 0 unspecified atom stereocenters. The summed E-state index contributed by atoms with van der Waals surface area (Å²) in [4.78, 5) is 48.4. The lowest BCUT2D eigenvalue weighted by Gasteiger charge is -2.40. The Labute approximate surface area is 268 Å². The molecule has 240 valence electrons. The highest BCUT2D eigenvalue weighted by Crippen LogP contribution is 2.39. The highest BCUT2D eigenvalue weighted by atomic mass is 35.5. The van der Waals surface area contributed by atoms with Crippen LogP contribution in [0.5, 0.6) is 0 Å².